The summed E-state index contributed by atoms with van der Waals surface area (Å²) >= 11 is 0. The number of pyridine rings is 1. The number of anilines is 2. The molecule has 0 radical (unpaired) electrons. The molecule has 1 aliphatic rings. The molecule has 2 aromatic rings. The number of fused-ring (bicyclic) bond motifs is 1. The number of benzene rings is 1. The highest BCUT2D eigenvalue weighted by Gasteiger charge is 2.24. The van der Waals surface area contributed by atoms with E-state index in [1.165, 1.54) is 0 Å². The van der Waals surface area contributed by atoms with Gasteiger partial charge in [-0.15, -0.1) is 0 Å². The minimum atomic E-state index is -0.317. The smallest absolute Gasteiger partial charge is 0.342 e. The number of ether oxygens (including phenoxy) is 2. The standard InChI is InChI=1S/C17H18N2O3/c1-3-21-14-6-4-13(5-7-14)19-16-15-12(10-11(2)18-16)8-9-22-17(15)20/h4-7,10H,3,8-9H2,1-2H3,(H,18,19). The van der Waals surface area contributed by atoms with Crippen LogP contribution < -0.4 is 10.1 Å². The summed E-state index contributed by atoms with van der Waals surface area (Å²) in [6, 6.07) is 9.50. The molecule has 1 aromatic heterocycles. The molecule has 1 aromatic carbocycles. The van der Waals surface area contributed by atoms with Gasteiger partial charge in [0.15, 0.2) is 0 Å². The first-order valence-corrected chi connectivity index (χ1v) is 7.35. The van der Waals surface area contributed by atoms with Crippen LogP contribution >= 0.6 is 0 Å². The van der Waals surface area contributed by atoms with Crippen LogP contribution in [0.5, 0.6) is 5.75 Å². The summed E-state index contributed by atoms with van der Waals surface area (Å²) in [6.45, 7) is 4.92. The molecule has 114 valence electrons. The number of hydrogen-bond acceptors (Lipinski definition) is 5. The number of aryl methyl sites for hydroxylation is 1. The zero-order valence-electron chi connectivity index (χ0n) is 12.7. The number of nitrogens with one attached hydrogen (secondary N) is 1. The molecule has 0 bridgehead atoms. The Hall–Kier alpha value is -2.56. The van der Waals surface area contributed by atoms with E-state index in [9.17, 15) is 4.79 Å². The molecule has 0 saturated heterocycles. The molecule has 0 fully saturated rings. The van der Waals surface area contributed by atoms with Gasteiger partial charge in [-0.25, -0.2) is 9.78 Å². The molecular formula is C17H18N2O3. The number of aromatic nitrogens is 1. The second-order valence-corrected chi connectivity index (χ2v) is 5.11. The van der Waals surface area contributed by atoms with Gasteiger partial charge in [0.25, 0.3) is 0 Å². The van der Waals surface area contributed by atoms with Crippen LogP contribution in [-0.2, 0) is 11.2 Å². The molecule has 3 rings (SSSR count). The first-order valence-electron chi connectivity index (χ1n) is 7.35. The summed E-state index contributed by atoms with van der Waals surface area (Å²) in [7, 11) is 0. The zero-order chi connectivity index (χ0) is 15.5. The van der Waals surface area contributed by atoms with Crippen molar-refractivity contribution in [2.75, 3.05) is 18.5 Å². The predicted molar refractivity (Wildman–Crippen MR) is 83.9 cm³/mol. The molecule has 5 heteroatoms. The van der Waals surface area contributed by atoms with Crippen molar-refractivity contribution >= 4 is 17.5 Å². The number of esters is 1. The number of carbonyl (C=O) groups excluding carboxylic acids is 1. The Morgan fingerprint density at radius 2 is 2.09 bits per heavy atom. The van der Waals surface area contributed by atoms with Crippen LogP contribution in [-0.4, -0.2) is 24.2 Å². The normalized spacial score (nSPS) is 13.3. The maximum atomic E-state index is 12.0. The van der Waals surface area contributed by atoms with Gasteiger partial charge in [0, 0.05) is 17.8 Å². The number of rotatable bonds is 4. The fraction of sp³-hybridized carbons (Fsp3) is 0.294. The Balaban J connectivity index is 1.91. The largest absolute Gasteiger partial charge is 0.494 e. The van der Waals surface area contributed by atoms with Crippen molar-refractivity contribution < 1.29 is 14.3 Å². The molecule has 0 saturated carbocycles. The Kier molecular flexibility index (Phi) is 3.96. The van der Waals surface area contributed by atoms with E-state index in [1.54, 1.807) is 0 Å². The van der Waals surface area contributed by atoms with Gasteiger partial charge in [0.1, 0.15) is 17.1 Å². The van der Waals surface area contributed by atoms with Gasteiger partial charge >= 0.3 is 5.97 Å². The van der Waals surface area contributed by atoms with E-state index < -0.39 is 0 Å². The minimum Gasteiger partial charge on any atom is -0.494 e. The lowest BCUT2D eigenvalue weighted by atomic mass is 10.0. The van der Waals surface area contributed by atoms with E-state index in [2.05, 4.69) is 10.3 Å². The molecule has 22 heavy (non-hydrogen) atoms. The zero-order valence-corrected chi connectivity index (χ0v) is 12.7. The lowest BCUT2D eigenvalue weighted by Crippen LogP contribution is -2.20. The Bertz CT molecular complexity index is 696. The van der Waals surface area contributed by atoms with E-state index in [4.69, 9.17) is 9.47 Å². The Morgan fingerprint density at radius 3 is 2.82 bits per heavy atom. The topological polar surface area (TPSA) is 60.5 Å². The SMILES string of the molecule is CCOc1ccc(Nc2nc(C)cc3c2C(=O)OCC3)cc1. The fourth-order valence-electron chi connectivity index (χ4n) is 2.52. The fourth-order valence-corrected chi connectivity index (χ4v) is 2.52. The van der Waals surface area contributed by atoms with E-state index in [-0.39, 0.29) is 5.97 Å². The van der Waals surface area contributed by atoms with Crippen LogP contribution in [0.15, 0.2) is 30.3 Å². The number of cyclic esters (lactones) is 1. The van der Waals surface area contributed by atoms with Crippen LogP contribution in [0.2, 0.25) is 0 Å². The van der Waals surface area contributed by atoms with Crippen molar-refractivity contribution in [2.24, 2.45) is 0 Å². The highest BCUT2D eigenvalue weighted by molar-refractivity contribution is 5.97. The van der Waals surface area contributed by atoms with E-state index in [0.717, 1.165) is 29.1 Å². The maximum Gasteiger partial charge on any atom is 0.342 e. The summed E-state index contributed by atoms with van der Waals surface area (Å²) in [5, 5.41) is 3.21. The average Bonchev–Trinajstić information content (AvgIpc) is 2.49. The summed E-state index contributed by atoms with van der Waals surface area (Å²) in [6.07, 6.45) is 0.725. The highest BCUT2D eigenvalue weighted by atomic mass is 16.5. The van der Waals surface area contributed by atoms with Gasteiger partial charge in [-0.2, -0.15) is 0 Å². The summed E-state index contributed by atoms with van der Waals surface area (Å²) < 4.78 is 10.6. The van der Waals surface area contributed by atoms with Crippen LogP contribution in [0, 0.1) is 6.92 Å². The molecule has 0 unspecified atom stereocenters. The second kappa shape index (κ2) is 6.05. The average molecular weight is 298 g/mol. The second-order valence-electron chi connectivity index (χ2n) is 5.11. The lowest BCUT2D eigenvalue weighted by Gasteiger charge is -2.19. The molecule has 0 atom stereocenters. The molecule has 5 nitrogen and oxygen atoms in total. The van der Waals surface area contributed by atoms with Crippen molar-refractivity contribution in [2.45, 2.75) is 20.3 Å². The van der Waals surface area contributed by atoms with Gasteiger partial charge in [0.2, 0.25) is 0 Å². The summed E-state index contributed by atoms with van der Waals surface area (Å²) in [5.41, 5.74) is 3.24. The molecule has 0 amide bonds. The lowest BCUT2D eigenvalue weighted by molar-refractivity contribution is 0.0481. The third kappa shape index (κ3) is 2.88. The van der Waals surface area contributed by atoms with Crippen molar-refractivity contribution in [3.8, 4) is 5.75 Å². The van der Waals surface area contributed by atoms with Crippen molar-refractivity contribution in [3.63, 3.8) is 0 Å². The minimum absolute atomic E-state index is 0.317. The first kappa shape index (κ1) is 14.4. The summed E-state index contributed by atoms with van der Waals surface area (Å²) in [5.74, 6) is 1.04. The van der Waals surface area contributed by atoms with Crippen molar-refractivity contribution in [1.29, 1.82) is 0 Å². The van der Waals surface area contributed by atoms with Gasteiger partial charge < -0.3 is 14.8 Å². The van der Waals surface area contributed by atoms with Gasteiger partial charge in [-0.3, -0.25) is 0 Å². The van der Waals surface area contributed by atoms with Gasteiger partial charge in [0.05, 0.1) is 13.2 Å². The molecule has 0 spiro atoms. The highest BCUT2D eigenvalue weighted by Crippen LogP contribution is 2.27. The third-order valence-electron chi connectivity index (χ3n) is 3.47. The Morgan fingerprint density at radius 1 is 1.32 bits per heavy atom. The predicted octanol–water partition coefficient (Wildman–Crippen LogP) is 3.25. The summed E-state index contributed by atoms with van der Waals surface area (Å²) in [4.78, 5) is 16.5. The van der Waals surface area contributed by atoms with E-state index in [0.29, 0.717) is 24.6 Å². The number of hydrogen-bond donors (Lipinski definition) is 1. The molecule has 2 heterocycles. The van der Waals surface area contributed by atoms with Crippen LogP contribution in [0.3, 0.4) is 0 Å². The van der Waals surface area contributed by atoms with E-state index in [1.807, 2.05) is 44.2 Å². The third-order valence-corrected chi connectivity index (χ3v) is 3.47. The number of carbonyl (C=O) groups is 1. The molecule has 1 N–H and O–H groups in total. The molecular weight excluding hydrogens is 280 g/mol. The van der Waals surface area contributed by atoms with Gasteiger partial charge in [-0.05, 0) is 49.7 Å². The van der Waals surface area contributed by atoms with E-state index >= 15 is 0 Å². The van der Waals surface area contributed by atoms with Crippen molar-refractivity contribution in [1.82, 2.24) is 4.98 Å². The quantitative estimate of drug-likeness (QED) is 0.878. The first-order chi connectivity index (χ1) is 10.7. The molecule has 0 aliphatic carbocycles. The maximum absolute atomic E-state index is 12.0. The van der Waals surface area contributed by atoms with Crippen LogP contribution in [0.4, 0.5) is 11.5 Å². The van der Waals surface area contributed by atoms with Crippen LogP contribution in [0.1, 0.15) is 28.5 Å². The van der Waals surface area contributed by atoms with Crippen LogP contribution in [0.25, 0.3) is 0 Å². The van der Waals surface area contributed by atoms with Crippen molar-refractivity contribution in [3.05, 3.63) is 47.2 Å². The monoisotopic (exact) mass is 298 g/mol. The molecule has 1 aliphatic heterocycles. The Labute approximate surface area is 129 Å². The number of nitrogens with zero attached hydrogens (tertiary/aromatic N) is 1. The van der Waals surface area contributed by atoms with Gasteiger partial charge in [-0.1, -0.05) is 0 Å².